The van der Waals surface area contributed by atoms with Gasteiger partial charge in [0.15, 0.2) is 0 Å². The Morgan fingerprint density at radius 3 is 2.69 bits per heavy atom. The van der Waals surface area contributed by atoms with E-state index >= 15 is 0 Å². The van der Waals surface area contributed by atoms with Crippen molar-refractivity contribution < 1.29 is 9.48 Å². The number of nitro groups is 1. The van der Waals surface area contributed by atoms with Crippen molar-refractivity contribution in [3.8, 4) is 0 Å². The normalized spacial score (nSPS) is 12.8. The van der Waals surface area contributed by atoms with Crippen LogP contribution >= 0.6 is 27.3 Å². The van der Waals surface area contributed by atoms with Gasteiger partial charge in [0, 0.05) is 16.3 Å². The third-order valence-electron chi connectivity index (χ3n) is 1.32. The Bertz CT molecular complexity index is 326. The first-order chi connectivity index (χ1) is 6.06. The largest absolute Gasteiger partial charge is 0.611 e. The highest BCUT2D eigenvalue weighted by Crippen LogP contribution is 2.34. The van der Waals surface area contributed by atoms with Crippen molar-refractivity contribution in [1.29, 1.82) is 0 Å². The van der Waals surface area contributed by atoms with Gasteiger partial charge in [-0.2, -0.15) is 0 Å². The van der Waals surface area contributed by atoms with Crippen molar-refractivity contribution in [1.82, 2.24) is 0 Å². The number of hydrogen-bond acceptors (Lipinski definition) is 4. The van der Waals surface area contributed by atoms with Gasteiger partial charge in [0.1, 0.15) is 6.26 Å². The van der Waals surface area contributed by atoms with E-state index < -0.39 is 16.1 Å². The minimum Gasteiger partial charge on any atom is -0.611 e. The zero-order chi connectivity index (χ0) is 10.0. The van der Waals surface area contributed by atoms with Crippen LogP contribution in [0, 0.1) is 10.1 Å². The Labute approximate surface area is 90.4 Å². The van der Waals surface area contributed by atoms with Crippen LogP contribution in [0.15, 0.2) is 10.3 Å². The van der Waals surface area contributed by atoms with Crippen LogP contribution in [0.1, 0.15) is 4.88 Å². The van der Waals surface area contributed by atoms with Gasteiger partial charge in [-0.25, -0.2) is 0 Å². The van der Waals surface area contributed by atoms with Crippen molar-refractivity contribution in [2.24, 2.45) is 0 Å². The predicted octanol–water partition coefficient (Wildman–Crippen LogP) is 2.29. The molecule has 0 fully saturated rings. The van der Waals surface area contributed by atoms with Gasteiger partial charge in [0.2, 0.25) is 0 Å². The van der Waals surface area contributed by atoms with Crippen LogP contribution in [0.5, 0.6) is 0 Å². The fourth-order valence-corrected chi connectivity index (χ4v) is 3.24. The highest BCUT2D eigenvalue weighted by molar-refractivity contribution is 9.08. The smallest absolute Gasteiger partial charge is 0.335 e. The highest BCUT2D eigenvalue weighted by atomic mass is 79.9. The van der Waals surface area contributed by atoms with Crippen molar-refractivity contribution >= 4 is 44.1 Å². The van der Waals surface area contributed by atoms with Gasteiger partial charge in [0.05, 0.1) is 4.92 Å². The average Bonchev–Trinajstić information content (AvgIpc) is 2.47. The van der Waals surface area contributed by atoms with Crippen LogP contribution in [0.25, 0.3) is 0 Å². The number of rotatable bonds is 3. The summed E-state index contributed by atoms with van der Waals surface area (Å²) >= 11 is 3.11. The van der Waals surface area contributed by atoms with E-state index in [4.69, 9.17) is 0 Å². The minimum atomic E-state index is -1.29. The highest BCUT2D eigenvalue weighted by Gasteiger charge is 2.25. The topological polar surface area (TPSA) is 66.2 Å². The molecule has 0 aliphatic heterocycles. The molecule has 0 saturated carbocycles. The first-order valence-corrected chi connectivity index (χ1v) is 6.72. The predicted molar refractivity (Wildman–Crippen MR) is 55.9 cm³/mol. The number of thiophene rings is 1. The van der Waals surface area contributed by atoms with Gasteiger partial charge in [0.25, 0.3) is 4.21 Å². The molecule has 1 atom stereocenters. The van der Waals surface area contributed by atoms with Crippen molar-refractivity contribution in [2.75, 3.05) is 6.26 Å². The standard InChI is InChI=1S/C6H6BrNO3S2/c1-13(11)6-5(8(9)10)2-4(3-7)12-6/h2H,3H2,1H3. The molecule has 1 aromatic heterocycles. The van der Waals surface area contributed by atoms with E-state index in [0.29, 0.717) is 9.54 Å². The van der Waals surface area contributed by atoms with Gasteiger partial charge < -0.3 is 4.55 Å². The summed E-state index contributed by atoms with van der Waals surface area (Å²) in [6.45, 7) is 0. The third kappa shape index (κ3) is 2.43. The molecule has 0 radical (unpaired) electrons. The molecule has 0 amide bonds. The molecule has 0 aliphatic rings. The number of hydrogen-bond donors (Lipinski definition) is 0. The summed E-state index contributed by atoms with van der Waals surface area (Å²) in [6, 6.07) is 1.45. The Balaban J connectivity index is 3.15. The molecule has 0 aliphatic carbocycles. The van der Waals surface area contributed by atoms with Crippen LogP contribution in [0.4, 0.5) is 5.69 Å². The fraction of sp³-hybridized carbons (Fsp3) is 0.333. The summed E-state index contributed by atoms with van der Waals surface area (Å²) in [5.41, 5.74) is -0.0414. The van der Waals surface area contributed by atoms with E-state index in [1.165, 1.54) is 23.7 Å². The second kappa shape index (κ2) is 4.41. The summed E-state index contributed by atoms with van der Waals surface area (Å²) in [6.07, 6.45) is 1.44. The molecular formula is C6H6BrNO3S2. The lowest BCUT2D eigenvalue weighted by Crippen LogP contribution is -1.98. The molecule has 72 valence electrons. The van der Waals surface area contributed by atoms with E-state index in [9.17, 15) is 14.7 Å². The Morgan fingerprint density at radius 2 is 2.38 bits per heavy atom. The zero-order valence-corrected chi connectivity index (χ0v) is 9.87. The first-order valence-electron chi connectivity index (χ1n) is 3.22. The second-order valence-electron chi connectivity index (χ2n) is 2.23. The average molecular weight is 284 g/mol. The minimum absolute atomic E-state index is 0.0414. The van der Waals surface area contributed by atoms with E-state index in [1.54, 1.807) is 0 Å². The Kier molecular flexibility index (Phi) is 3.72. The molecule has 0 saturated heterocycles. The van der Waals surface area contributed by atoms with E-state index in [1.807, 2.05) is 0 Å². The number of alkyl halides is 1. The first kappa shape index (κ1) is 11.0. The monoisotopic (exact) mass is 283 g/mol. The third-order valence-corrected chi connectivity index (χ3v) is 4.90. The van der Waals surface area contributed by atoms with Gasteiger partial charge in [-0.15, -0.1) is 0 Å². The Morgan fingerprint density at radius 1 is 1.77 bits per heavy atom. The van der Waals surface area contributed by atoms with Gasteiger partial charge >= 0.3 is 5.69 Å². The molecule has 13 heavy (non-hydrogen) atoms. The van der Waals surface area contributed by atoms with Crippen LogP contribution in [0.2, 0.25) is 0 Å². The molecule has 1 unspecified atom stereocenters. The van der Waals surface area contributed by atoms with Crippen molar-refractivity contribution in [2.45, 2.75) is 9.54 Å². The molecule has 7 heteroatoms. The summed E-state index contributed by atoms with van der Waals surface area (Å²) < 4.78 is 11.4. The molecule has 0 bridgehead atoms. The molecule has 1 rings (SSSR count). The Hall–Kier alpha value is -0.110. The molecule has 0 spiro atoms. The summed E-state index contributed by atoms with van der Waals surface area (Å²) in [5.74, 6) is 0. The van der Waals surface area contributed by atoms with Crippen molar-refractivity contribution in [3.63, 3.8) is 0 Å². The van der Waals surface area contributed by atoms with Crippen LogP contribution < -0.4 is 0 Å². The number of halogens is 1. The van der Waals surface area contributed by atoms with Crippen molar-refractivity contribution in [3.05, 3.63) is 21.1 Å². The molecule has 1 heterocycles. The SMILES string of the molecule is C[S+]([O-])c1sc(CBr)cc1[N+](=O)[O-]. The lowest BCUT2D eigenvalue weighted by atomic mass is 10.5. The molecule has 0 N–H and O–H groups in total. The molecule has 1 aromatic rings. The van der Waals surface area contributed by atoms with Gasteiger partial charge in [-0.3, -0.25) is 10.1 Å². The van der Waals surface area contributed by atoms with Crippen LogP contribution in [-0.2, 0) is 16.5 Å². The molecule has 0 aromatic carbocycles. The maximum Gasteiger partial charge on any atom is 0.335 e. The van der Waals surface area contributed by atoms with E-state index in [2.05, 4.69) is 15.9 Å². The maximum absolute atomic E-state index is 11.1. The van der Waals surface area contributed by atoms with Gasteiger partial charge in [-0.1, -0.05) is 27.3 Å². The summed E-state index contributed by atoms with van der Waals surface area (Å²) in [5, 5.41) is 11.1. The maximum atomic E-state index is 11.1. The van der Waals surface area contributed by atoms with E-state index in [0.717, 1.165) is 4.88 Å². The summed E-state index contributed by atoms with van der Waals surface area (Å²) in [7, 11) is 0. The summed E-state index contributed by atoms with van der Waals surface area (Å²) in [4.78, 5) is 10.8. The van der Waals surface area contributed by atoms with E-state index in [-0.39, 0.29) is 5.69 Å². The zero-order valence-electron chi connectivity index (χ0n) is 6.65. The van der Waals surface area contributed by atoms with Crippen LogP contribution in [-0.4, -0.2) is 15.7 Å². The molecular weight excluding hydrogens is 278 g/mol. The lowest BCUT2D eigenvalue weighted by Gasteiger charge is -1.98. The fourth-order valence-electron chi connectivity index (χ4n) is 0.811. The lowest BCUT2D eigenvalue weighted by molar-refractivity contribution is -0.387. The van der Waals surface area contributed by atoms with Gasteiger partial charge in [-0.05, 0) is 11.2 Å². The number of nitrogens with zero attached hydrogens (tertiary/aromatic N) is 1. The molecule has 4 nitrogen and oxygen atoms in total. The second-order valence-corrected chi connectivity index (χ2v) is 5.50. The van der Waals surface area contributed by atoms with Crippen LogP contribution in [0.3, 0.4) is 0 Å². The quantitative estimate of drug-likeness (QED) is 0.370.